The predicted octanol–water partition coefficient (Wildman–Crippen LogP) is 4.57. The molecule has 0 aliphatic heterocycles. The average Bonchev–Trinajstić information content (AvgIpc) is 2.26. The van der Waals surface area contributed by atoms with Crippen LogP contribution in [0.15, 0.2) is 33.8 Å². The number of aryl methyl sites for hydroxylation is 1. The molecule has 0 amide bonds. The summed E-state index contributed by atoms with van der Waals surface area (Å²) in [5.41, 5.74) is 5.23. The van der Waals surface area contributed by atoms with Gasteiger partial charge in [0.25, 0.3) is 0 Å². The van der Waals surface area contributed by atoms with Gasteiger partial charge in [-0.15, -0.1) is 0 Å². The summed E-state index contributed by atoms with van der Waals surface area (Å²) in [6.45, 7) is 4.94. The van der Waals surface area contributed by atoms with E-state index in [1.54, 1.807) is 5.54 Å². The Kier molecular flexibility index (Phi) is 5.20. The Balaban J connectivity index is 2.76. The van der Waals surface area contributed by atoms with Gasteiger partial charge >= 0.3 is 0 Å². The van der Waals surface area contributed by atoms with Crippen LogP contribution in [0.5, 0.6) is 0 Å². The monoisotopic (exact) mass is 287 g/mol. The Morgan fingerprint density at radius 2 is 2.27 bits per heavy atom. The molecule has 1 aromatic carbocycles. The number of rotatable bonds is 4. The van der Waals surface area contributed by atoms with Crippen LogP contribution in [0, 0.1) is 0 Å². The summed E-state index contributed by atoms with van der Waals surface area (Å²) in [5.74, 6) is 0. The summed E-state index contributed by atoms with van der Waals surface area (Å²) >= 11 is 9.08. The lowest BCUT2D eigenvalue weighted by Gasteiger charge is -2.11. The van der Waals surface area contributed by atoms with Gasteiger partial charge in [-0.25, -0.2) is 0 Å². The fourth-order valence-electron chi connectivity index (χ4n) is 1.30. The second-order valence-corrected chi connectivity index (χ2v) is 4.60. The first-order valence-electron chi connectivity index (χ1n) is 4.95. The molecule has 0 fully saturated rings. The van der Waals surface area contributed by atoms with Crippen LogP contribution in [0.3, 0.4) is 0 Å². The molecule has 0 aromatic heterocycles. The van der Waals surface area contributed by atoms with Gasteiger partial charge in [-0.1, -0.05) is 34.5 Å². The summed E-state index contributed by atoms with van der Waals surface area (Å²) in [5, 5.41) is 3.37. The molecule has 0 heterocycles. The second-order valence-electron chi connectivity index (χ2n) is 3.46. The average molecular weight is 289 g/mol. The third-order valence-corrected chi connectivity index (χ3v) is 3.06. The Hall–Kier alpha value is -0.470. The standard InChI is InChI=1S/C12H15BrClN/c1-3-10-6-11(13)4-5-12(10)15-8-9(2)7-14/h4-7,15H,3,8H2,1-2H3/b9-7+. The summed E-state index contributed by atoms with van der Waals surface area (Å²) < 4.78 is 1.12. The lowest BCUT2D eigenvalue weighted by molar-refractivity contribution is 1.11. The third kappa shape index (κ3) is 3.88. The van der Waals surface area contributed by atoms with Gasteiger partial charge in [0.2, 0.25) is 0 Å². The molecule has 0 saturated heterocycles. The molecule has 15 heavy (non-hydrogen) atoms. The van der Waals surface area contributed by atoms with E-state index in [2.05, 4.69) is 40.3 Å². The Labute approximate surface area is 105 Å². The minimum absolute atomic E-state index is 0.790. The molecule has 0 radical (unpaired) electrons. The highest BCUT2D eigenvalue weighted by molar-refractivity contribution is 9.10. The summed E-state index contributed by atoms with van der Waals surface area (Å²) in [4.78, 5) is 0. The molecule has 0 atom stereocenters. The molecule has 0 aliphatic rings. The fourth-order valence-corrected chi connectivity index (χ4v) is 1.79. The van der Waals surface area contributed by atoms with E-state index in [4.69, 9.17) is 11.6 Å². The molecule has 1 nitrogen and oxygen atoms in total. The quantitative estimate of drug-likeness (QED) is 0.856. The first-order valence-corrected chi connectivity index (χ1v) is 6.18. The number of hydrogen-bond donors (Lipinski definition) is 1. The normalized spacial score (nSPS) is 11.6. The van der Waals surface area contributed by atoms with E-state index < -0.39 is 0 Å². The van der Waals surface area contributed by atoms with E-state index in [1.165, 1.54) is 11.3 Å². The van der Waals surface area contributed by atoms with Crippen molar-refractivity contribution in [2.75, 3.05) is 11.9 Å². The van der Waals surface area contributed by atoms with E-state index in [0.29, 0.717) is 0 Å². The molecule has 0 aliphatic carbocycles. The van der Waals surface area contributed by atoms with Crippen molar-refractivity contribution in [3.63, 3.8) is 0 Å². The molecule has 0 saturated carbocycles. The molecule has 0 bridgehead atoms. The van der Waals surface area contributed by atoms with Crippen molar-refractivity contribution in [1.82, 2.24) is 0 Å². The van der Waals surface area contributed by atoms with Gasteiger partial charge in [-0.3, -0.25) is 0 Å². The van der Waals surface area contributed by atoms with Gasteiger partial charge in [0.05, 0.1) is 0 Å². The van der Waals surface area contributed by atoms with Crippen LogP contribution in [0.4, 0.5) is 5.69 Å². The van der Waals surface area contributed by atoms with E-state index >= 15 is 0 Å². The van der Waals surface area contributed by atoms with E-state index in [9.17, 15) is 0 Å². The summed E-state index contributed by atoms with van der Waals surface area (Å²) in [6, 6.07) is 6.27. The van der Waals surface area contributed by atoms with Gasteiger partial charge in [0, 0.05) is 22.2 Å². The van der Waals surface area contributed by atoms with Crippen molar-refractivity contribution >= 4 is 33.2 Å². The Bertz CT molecular complexity index is 361. The van der Waals surface area contributed by atoms with Gasteiger partial charge in [-0.05, 0) is 42.7 Å². The molecule has 3 heteroatoms. The van der Waals surface area contributed by atoms with Crippen molar-refractivity contribution < 1.29 is 0 Å². The number of hydrogen-bond acceptors (Lipinski definition) is 1. The molecule has 0 spiro atoms. The summed E-state index contributed by atoms with van der Waals surface area (Å²) in [7, 11) is 0. The highest BCUT2D eigenvalue weighted by atomic mass is 79.9. The topological polar surface area (TPSA) is 12.0 Å². The van der Waals surface area contributed by atoms with E-state index in [0.717, 1.165) is 23.0 Å². The second kappa shape index (κ2) is 6.19. The number of anilines is 1. The van der Waals surface area contributed by atoms with Crippen molar-refractivity contribution in [3.8, 4) is 0 Å². The first kappa shape index (κ1) is 12.6. The van der Waals surface area contributed by atoms with Crippen LogP contribution in [0.25, 0.3) is 0 Å². The minimum atomic E-state index is 0.790. The van der Waals surface area contributed by atoms with Crippen molar-refractivity contribution in [2.24, 2.45) is 0 Å². The number of halogens is 2. The van der Waals surface area contributed by atoms with Crippen LogP contribution in [0.2, 0.25) is 0 Å². The zero-order chi connectivity index (χ0) is 11.3. The zero-order valence-corrected chi connectivity index (χ0v) is 11.3. The molecular formula is C12H15BrClN. The predicted molar refractivity (Wildman–Crippen MR) is 71.6 cm³/mol. The lowest BCUT2D eigenvalue weighted by Crippen LogP contribution is -2.04. The fraction of sp³-hybridized carbons (Fsp3) is 0.333. The van der Waals surface area contributed by atoms with E-state index in [1.807, 2.05) is 13.0 Å². The lowest BCUT2D eigenvalue weighted by atomic mass is 10.1. The van der Waals surface area contributed by atoms with Gasteiger partial charge in [0.15, 0.2) is 0 Å². The molecular weight excluding hydrogens is 273 g/mol. The van der Waals surface area contributed by atoms with E-state index in [-0.39, 0.29) is 0 Å². The zero-order valence-electron chi connectivity index (χ0n) is 8.98. The maximum absolute atomic E-state index is 5.61. The SMILES string of the molecule is CCc1cc(Br)ccc1NC/C(C)=C/Cl. The third-order valence-electron chi connectivity index (χ3n) is 2.19. The maximum atomic E-state index is 5.61. The van der Waals surface area contributed by atoms with Crippen molar-refractivity contribution in [2.45, 2.75) is 20.3 Å². The van der Waals surface area contributed by atoms with Crippen LogP contribution >= 0.6 is 27.5 Å². The van der Waals surface area contributed by atoms with Gasteiger partial charge < -0.3 is 5.32 Å². The number of benzene rings is 1. The van der Waals surface area contributed by atoms with Crippen LogP contribution < -0.4 is 5.32 Å². The highest BCUT2D eigenvalue weighted by Gasteiger charge is 2.00. The van der Waals surface area contributed by atoms with Crippen LogP contribution in [-0.4, -0.2) is 6.54 Å². The minimum Gasteiger partial charge on any atom is -0.381 e. The Morgan fingerprint density at radius 3 is 2.87 bits per heavy atom. The van der Waals surface area contributed by atoms with Crippen molar-refractivity contribution in [3.05, 3.63) is 39.3 Å². The molecule has 0 unspecified atom stereocenters. The van der Waals surface area contributed by atoms with Gasteiger partial charge in [-0.2, -0.15) is 0 Å². The summed E-state index contributed by atoms with van der Waals surface area (Å²) in [6.07, 6.45) is 1.02. The molecule has 82 valence electrons. The number of nitrogens with one attached hydrogen (secondary N) is 1. The molecule has 1 N–H and O–H groups in total. The maximum Gasteiger partial charge on any atom is 0.0375 e. The van der Waals surface area contributed by atoms with Crippen molar-refractivity contribution in [1.29, 1.82) is 0 Å². The molecule has 1 rings (SSSR count). The van der Waals surface area contributed by atoms with Gasteiger partial charge in [0.1, 0.15) is 0 Å². The van der Waals surface area contributed by atoms with Crippen LogP contribution in [-0.2, 0) is 6.42 Å². The largest absolute Gasteiger partial charge is 0.381 e. The van der Waals surface area contributed by atoms with Crippen LogP contribution in [0.1, 0.15) is 19.4 Å². The highest BCUT2D eigenvalue weighted by Crippen LogP contribution is 2.21. The Morgan fingerprint density at radius 1 is 1.53 bits per heavy atom. The first-order chi connectivity index (χ1) is 7.17. The smallest absolute Gasteiger partial charge is 0.0375 e. The molecule has 1 aromatic rings.